The van der Waals surface area contributed by atoms with E-state index in [0.717, 1.165) is 31.2 Å². The van der Waals surface area contributed by atoms with E-state index in [1.165, 1.54) is 0 Å². The average molecular weight is 362 g/mol. The van der Waals surface area contributed by atoms with Gasteiger partial charge in [-0.25, -0.2) is 9.59 Å². The summed E-state index contributed by atoms with van der Waals surface area (Å²) in [5.41, 5.74) is 1.08. The van der Waals surface area contributed by atoms with Gasteiger partial charge in [0.25, 0.3) is 0 Å². The normalized spacial score (nSPS) is 13.9. The van der Waals surface area contributed by atoms with Crippen molar-refractivity contribution in [3.8, 4) is 0 Å². The highest BCUT2D eigenvalue weighted by Crippen LogP contribution is 2.00. The van der Waals surface area contributed by atoms with E-state index in [0.29, 0.717) is 45.9 Å². The molecule has 4 amide bonds. The molecule has 7 nitrogen and oxygen atoms in total. The van der Waals surface area contributed by atoms with Gasteiger partial charge in [0.1, 0.15) is 0 Å². The maximum atomic E-state index is 11.9. The number of hydrogen-bond donors (Lipinski definition) is 3. The smallest absolute Gasteiger partial charge is 0.317 e. The summed E-state index contributed by atoms with van der Waals surface area (Å²) in [5, 5.41) is 8.65. The van der Waals surface area contributed by atoms with Crippen LogP contribution in [0.4, 0.5) is 9.59 Å². The molecule has 2 rings (SSSR count). The second kappa shape index (κ2) is 12.1. The highest BCUT2D eigenvalue weighted by atomic mass is 16.5. The van der Waals surface area contributed by atoms with Gasteiger partial charge in [-0.1, -0.05) is 43.2 Å². The summed E-state index contributed by atoms with van der Waals surface area (Å²) in [5.74, 6) is 0. The number of morpholine rings is 1. The lowest BCUT2D eigenvalue weighted by molar-refractivity contribution is 0.0532. The first-order chi connectivity index (χ1) is 12.8. The lowest BCUT2D eigenvalue weighted by atomic mass is 10.2. The van der Waals surface area contributed by atoms with Gasteiger partial charge < -0.3 is 25.6 Å². The van der Waals surface area contributed by atoms with Crippen LogP contribution in [0.25, 0.3) is 0 Å². The molecule has 1 aromatic carbocycles. The van der Waals surface area contributed by atoms with Crippen molar-refractivity contribution < 1.29 is 14.3 Å². The van der Waals surface area contributed by atoms with Gasteiger partial charge in [-0.15, -0.1) is 0 Å². The van der Waals surface area contributed by atoms with Gasteiger partial charge in [-0.05, 0) is 18.4 Å². The first-order valence-electron chi connectivity index (χ1n) is 9.42. The predicted molar refractivity (Wildman–Crippen MR) is 101 cm³/mol. The average Bonchev–Trinajstić information content (AvgIpc) is 2.69. The summed E-state index contributed by atoms with van der Waals surface area (Å²) in [6.45, 7) is 4.49. The topological polar surface area (TPSA) is 82.7 Å². The highest BCUT2D eigenvalue weighted by molar-refractivity contribution is 5.74. The number of rotatable bonds is 9. The van der Waals surface area contributed by atoms with E-state index in [-0.39, 0.29) is 12.1 Å². The van der Waals surface area contributed by atoms with E-state index >= 15 is 0 Å². The van der Waals surface area contributed by atoms with Crippen LogP contribution >= 0.6 is 0 Å². The monoisotopic (exact) mass is 362 g/mol. The number of benzene rings is 1. The summed E-state index contributed by atoms with van der Waals surface area (Å²) in [4.78, 5) is 25.4. The lowest BCUT2D eigenvalue weighted by Crippen LogP contribution is -2.46. The zero-order chi connectivity index (χ0) is 18.5. The number of nitrogens with zero attached hydrogens (tertiary/aromatic N) is 1. The van der Waals surface area contributed by atoms with Crippen LogP contribution in [0.5, 0.6) is 0 Å². The van der Waals surface area contributed by atoms with Crippen LogP contribution in [-0.2, 0) is 11.3 Å². The van der Waals surface area contributed by atoms with E-state index in [1.54, 1.807) is 4.90 Å². The van der Waals surface area contributed by atoms with Gasteiger partial charge in [-0.2, -0.15) is 0 Å². The van der Waals surface area contributed by atoms with Crippen LogP contribution in [0, 0.1) is 0 Å². The zero-order valence-corrected chi connectivity index (χ0v) is 15.3. The molecular formula is C19H30N4O3. The number of ether oxygens (including phenoxy) is 1. The summed E-state index contributed by atoms with van der Waals surface area (Å²) in [6.07, 6.45) is 3.97. The van der Waals surface area contributed by atoms with Crippen molar-refractivity contribution in [2.75, 3.05) is 39.4 Å². The van der Waals surface area contributed by atoms with Crippen molar-refractivity contribution in [2.24, 2.45) is 0 Å². The molecule has 1 aromatic rings. The molecule has 0 atom stereocenters. The van der Waals surface area contributed by atoms with E-state index in [2.05, 4.69) is 16.0 Å². The molecule has 1 fully saturated rings. The summed E-state index contributed by atoms with van der Waals surface area (Å²) >= 11 is 0. The third-order valence-electron chi connectivity index (χ3n) is 4.26. The summed E-state index contributed by atoms with van der Waals surface area (Å²) in [7, 11) is 0. The minimum atomic E-state index is -0.133. The molecule has 0 unspecified atom stereocenters. The molecule has 0 aromatic heterocycles. The Morgan fingerprint density at radius 2 is 1.54 bits per heavy atom. The van der Waals surface area contributed by atoms with Crippen LogP contribution in [0.1, 0.15) is 31.2 Å². The second-order valence-electron chi connectivity index (χ2n) is 6.34. The van der Waals surface area contributed by atoms with Crippen molar-refractivity contribution in [3.05, 3.63) is 35.9 Å². The van der Waals surface area contributed by atoms with Crippen molar-refractivity contribution in [3.63, 3.8) is 0 Å². The second-order valence-corrected chi connectivity index (χ2v) is 6.34. The number of carbonyl (C=O) groups is 2. The van der Waals surface area contributed by atoms with Crippen molar-refractivity contribution in [1.29, 1.82) is 0 Å². The van der Waals surface area contributed by atoms with E-state index in [9.17, 15) is 9.59 Å². The number of unbranched alkanes of at least 4 members (excludes halogenated alkanes) is 3. The van der Waals surface area contributed by atoms with Gasteiger partial charge in [0, 0.05) is 32.7 Å². The largest absolute Gasteiger partial charge is 0.378 e. The van der Waals surface area contributed by atoms with Crippen molar-refractivity contribution in [2.45, 2.75) is 32.2 Å². The number of carbonyl (C=O) groups excluding carboxylic acids is 2. The van der Waals surface area contributed by atoms with Crippen LogP contribution in [0.2, 0.25) is 0 Å². The molecule has 0 bridgehead atoms. The Labute approximate surface area is 155 Å². The van der Waals surface area contributed by atoms with Crippen LogP contribution < -0.4 is 16.0 Å². The Kier molecular flexibility index (Phi) is 9.35. The molecule has 0 spiro atoms. The first kappa shape index (κ1) is 20.0. The minimum Gasteiger partial charge on any atom is -0.378 e. The number of urea groups is 2. The Hall–Kier alpha value is -2.28. The fourth-order valence-corrected chi connectivity index (χ4v) is 2.72. The quantitative estimate of drug-likeness (QED) is 0.588. The molecule has 1 aliphatic rings. The minimum absolute atomic E-state index is 0.00468. The standard InChI is InChI=1S/C19H30N4O3/c24-18(22-16-17-8-4-3-5-9-17)20-10-6-1-2-7-11-21-19(25)23-12-14-26-15-13-23/h3-5,8-9H,1-2,6-7,10-16H2,(H,21,25)(H2,20,22,24). The van der Waals surface area contributed by atoms with Crippen LogP contribution in [0.3, 0.4) is 0 Å². The van der Waals surface area contributed by atoms with Gasteiger partial charge in [0.15, 0.2) is 0 Å². The molecule has 0 saturated carbocycles. The van der Waals surface area contributed by atoms with Gasteiger partial charge in [0.05, 0.1) is 13.2 Å². The Balaban J connectivity index is 1.39. The van der Waals surface area contributed by atoms with Gasteiger partial charge in [0.2, 0.25) is 0 Å². The first-order valence-corrected chi connectivity index (χ1v) is 9.42. The molecule has 1 aliphatic heterocycles. The number of nitrogens with one attached hydrogen (secondary N) is 3. The molecule has 144 valence electrons. The van der Waals surface area contributed by atoms with Crippen molar-refractivity contribution >= 4 is 12.1 Å². The molecule has 7 heteroatoms. The number of amides is 4. The number of hydrogen-bond acceptors (Lipinski definition) is 3. The van der Waals surface area contributed by atoms with Gasteiger partial charge in [-0.3, -0.25) is 0 Å². The van der Waals surface area contributed by atoms with E-state index in [1.807, 2.05) is 30.3 Å². The fourth-order valence-electron chi connectivity index (χ4n) is 2.72. The third-order valence-corrected chi connectivity index (χ3v) is 4.26. The maximum Gasteiger partial charge on any atom is 0.317 e. The highest BCUT2D eigenvalue weighted by Gasteiger charge is 2.15. The Morgan fingerprint density at radius 1 is 0.885 bits per heavy atom. The van der Waals surface area contributed by atoms with Gasteiger partial charge >= 0.3 is 12.1 Å². The summed E-state index contributed by atoms with van der Waals surface area (Å²) in [6, 6.07) is 9.71. The molecule has 26 heavy (non-hydrogen) atoms. The lowest BCUT2D eigenvalue weighted by Gasteiger charge is -2.26. The van der Waals surface area contributed by atoms with E-state index in [4.69, 9.17) is 4.74 Å². The third kappa shape index (κ3) is 8.20. The van der Waals surface area contributed by atoms with Crippen molar-refractivity contribution in [1.82, 2.24) is 20.9 Å². The van der Waals surface area contributed by atoms with Crippen LogP contribution in [-0.4, -0.2) is 56.4 Å². The fraction of sp³-hybridized carbons (Fsp3) is 0.579. The predicted octanol–water partition coefficient (Wildman–Crippen LogP) is 2.09. The molecule has 0 aliphatic carbocycles. The molecule has 0 radical (unpaired) electrons. The molecule has 3 N–H and O–H groups in total. The summed E-state index contributed by atoms with van der Waals surface area (Å²) < 4.78 is 5.23. The Morgan fingerprint density at radius 3 is 2.23 bits per heavy atom. The Bertz CT molecular complexity index is 533. The molecule has 1 saturated heterocycles. The van der Waals surface area contributed by atoms with Crippen LogP contribution in [0.15, 0.2) is 30.3 Å². The SMILES string of the molecule is O=C(NCCCCCCNC(=O)N1CCOCC1)NCc1ccccc1. The molecule has 1 heterocycles. The molecular weight excluding hydrogens is 332 g/mol. The maximum absolute atomic E-state index is 11.9. The zero-order valence-electron chi connectivity index (χ0n) is 15.3. The van der Waals surface area contributed by atoms with E-state index < -0.39 is 0 Å².